The average molecular weight is 288 g/mol. The maximum Gasteiger partial charge on any atom is 0.249 e. The molecule has 0 saturated carbocycles. The Morgan fingerprint density at radius 3 is 2.62 bits per heavy atom. The summed E-state index contributed by atoms with van der Waals surface area (Å²) in [4.78, 5) is 14.5. The monoisotopic (exact) mass is 288 g/mol. The zero-order chi connectivity index (χ0) is 14.5. The van der Waals surface area contributed by atoms with Gasteiger partial charge in [-0.25, -0.2) is 0 Å². The molecule has 1 amide bonds. The molecule has 2 heterocycles. The fourth-order valence-electron chi connectivity index (χ4n) is 3.16. The summed E-state index contributed by atoms with van der Waals surface area (Å²) in [7, 11) is 0. The molecule has 1 atom stereocenters. The molecular weight excluding hydrogens is 264 g/mol. The van der Waals surface area contributed by atoms with Crippen LogP contribution in [-0.2, 0) is 16.1 Å². The standard InChI is InChI=1S/C17H24N2O2/c20-17(16-7-4-12-21-16)18-15-8-10-19(11-9-15)13-14-5-2-1-3-6-14/h1-3,5-6,15-16H,4,7-13H2,(H,18,20)/t16-/m0/s1. The van der Waals surface area contributed by atoms with Gasteiger partial charge in [-0.2, -0.15) is 0 Å². The molecule has 1 aromatic carbocycles. The number of nitrogens with zero attached hydrogens (tertiary/aromatic N) is 1. The highest BCUT2D eigenvalue weighted by atomic mass is 16.5. The normalized spacial score (nSPS) is 24.1. The second kappa shape index (κ2) is 7.05. The van der Waals surface area contributed by atoms with Crippen LogP contribution in [0.2, 0.25) is 0 Å². The lowest BCUT2D eigenvalue weighted by molar-refractivity contribution is -0.131. The number of rotatable bonds is 4. The Balaban J connectivity index is 1.41. The van der Waals surface area contributed by atoms with Crippen LogP contribution in [0.5, 0.6) is 0 Å². The Morgan fingerprint density at radius 2 is 1.95 bits per heavy atom. The molecule has 21 heavy (non-hydrogen) atoms. The molecule has 114 valence electrons. The molecular formula is C17H24N2O2. The van der Waals surface area contributed by atoms with Crippen molar-refractivity contribution in [3.8, 4) is 0 Å². The van der Waals surface area contributed by atoms with Gasteiger partial charge in [0.1, 0.15) is 6.10 Å². The van der Waals surface area contributed by atoms with E-state index in [-0.39, 0.29) is 12.0 Å². The molecule has 1 aromatic rings. The molecule has 2 fully saturated rings. The number of hydrogen-bond acceptors (Lipinski definition) is 3. The minimum atomic E-state index is -0.202. The van der Waals surface area contributed by atoms with Crippen LogP contribution in [0.3, 0.4) is 0 Å². The molecule has 2 aliphatic heterocycles. The first-order valence-corrected chi connectivity index (χ1v) is 7.99. The maximum absolute atomic E-state index is 12.0. The fourth-order valence-corrected chi connectivity index (χ4v) is 3.16. The summed E-state index contributed by atoms with van der Waals surface area (Å²) in [6.07, 6.45) is 3.75. The predicted molar refractivity (Wildman–Crippen MR) is 81.9 cm³/mol. The zero-order valence-electron chi connectivity index (χ0n) is 12.5. The topological polar surface area (TPSA) is 41.6 Å². The fraction of sp³-hybridized carbons (Fsp3) is 0.588. The summed E-state index contributed by atoms with van der Waals surface area (Å²) in [5.74, 6) is 0.0917. The van der Waals surface area contributed by atoms with Crippen molar-refractivity contribution in [1.29, 1.82) is 0 Å². The van der Waals surface area contributed by atoms with Crippen LogP contribution < -0.4 is 5.32 Å². The van der Waals surface area contributed by atoms with Crippen LogP contribution in [0.25, 0.3) is 0 Å². The number of amides is 1. The summed E-state index contributed by atoms with van der Waals surface area (Å²) < 4.78 is 5.43. The Kier molecular flexibility index (Phi) is 4.88. The van der Waals surface area contributed by atoms with Gasteiger partial charge in [0.15, 0.2) is 0 Å². The van der Waals surface area contributed by atoms with Gasteiger partial charge in [0, 0.05) is 32.3 Å². The third kappa shape index (κ3) is 4.05. The van der Waals surface area contributed by atoms with Gasteiger partial charge in [-0.3, -0.25) is 9.69 Å². The molecule has 0 spiro atoms. The summed E-state index contributed by atoms with van der Waals surface area (Å²) >= 11 is 0. The molecule has 4 nitrogen and oxygen atoms in total. The van der Waals surface area contributed by atoms with Gasteiger partial charge >= 0.3 is 0 Å². The van der Waals surface area contributed by atoms with Crippen molar-refractivity contribution in [2.75, 3.05) is 19.7 Å². The molecule has 3 rings (SSSR count). The van der Waals surface area contributed by atoms with E-state index in [1.54, 1.807) is 0 Å². The van der Waals surface area contributed by atoms with Gasteiger partial charge in [-0.1, -0.05) is 30.3 Å². The van der Waals surface area contributed by atoms with E-state index < -0.39 is 0 Å². The number of hydrogen-bond donors (Lipinski definition) is 1. The number of carbonyl (C=O) groups is 1. The Morgan fingerprint density at radius 1 is 1.19 bits per heavy atom. The zero-order valence-corrected chi connectivity index (χ0v) is 12.5. The van der Waals surface area contributed by atoms with E-state index in [4.69, 9.17) is 4.74 Å². The predicted octanol–water partition coefficient (Wildman–Crippen LogP) is 1.95. The van der Waals surface area contributed by atoms with Crippen molar-refractivity contribution in [2.45, 2.75) is 44.4 Å². The highest BCUT2D eigenvalue weighted by Crippen LogP contribution is 2.16. The molecule has 0 bridgehead atoms. The first-order valence-electron chi connectivity index (χ1n) is 7.99. The van der Waals surface area contributed by atoms with Crippen molar-refractivity contribution < 1.29 is 9.53 Å². The third-order valence-electron chi connectivity index (χ3n) is 4.41. The number of ether oxygens (including phenoxy) is 1. The van der Waals surface area contributed by atoms with Gasteiger partial charge in [0.2, 0.25) is 5.91 Å². The SMILES string of the molecule is O=C(NC1CCN(Cc2ccccc2)CC1)[C@@H]1CCCO1. The minimum Gasteiger partial charge on any atom is -0.368 e. The lowest BCUT2D eigenvalue weighted by Crippen LogP contribution is -2.47. The molecule has 0 aliphatic carbocycles. The van der Waals surface area contributed by atoms with Crippen molar-refractivity contribution in [3.05, 3.63) is 35.9 Å². The third-order valence-corrected chi connectivity index (χ3v) is 4.41. The highest BCUT2D eigenvalue weighted by molar-refractivity contribution is 5.81. The average Bonchev–Trinajstić information content (AvgIpc) is 3.05. The van der Waals surface area contributed by atoms with Crippen LogP contribution in [0.4, 0.5) is 0 Å². The summed E-state index contributed by atoms with van der Waals surface area (Å²) in [6.45, 7) is 3.83. The highest BCUT2D eigenvalue weighted by Gasteiger charge is 2.27. The second-order valence-electron chi connectivity index (χ2n) is 6.05. The van der Waals surface area contributed by atoms with Gasteiger partial charge in [-0.15, -0.1) is 0 Å². The molecule has 0 aromatic heterocycles. The molecule has 0 unspecified atom stereocenters. The van der Waals surface area contributed by atoms with Crippen LogP contribution in [0.15, 0.2) is 30.3 Å². The van der Waals surface area contributed by atoms with Crippen molar-refractivity contribution >= 4 is 5.91 Å². The number of benzene rings is 1. The van der Waals surface area contributed by atoms with Gasteiger partial charge in [0.05, 0.1) is 0 Å². The number of piperidine rings is 1. The Hall–Kier alpha value is -1.39. The van der Waals surface area contributed by atoms with Crippen molar-refractivity contribution in [2.24, 2.45) is 0 Å². The van der Waals surface area contributed by atoms with Crippen molar-refractivity contribution in [1.82, 2.24) is 10.2 Å². The molecule has 2 aliphatic rings. The Bertz CT molecular complexity index is 449. The van der Waals surface area contributed by atoms with Gasteiger partial charge < -0.3 is 10.1 Å². The second-order valence-corrected chi connectivity index (χ2v) is 6.05. The Labute approximate surface area is 126 Å². The quantitative estimate of drug-likeness (QED) is 0.920. The lowest BCUT2D eigenvalue weighted by atomic mass is 10.0. The maximum atomic E-state index is 12.0. The smallest absolute Gasteiger partial charge is 0.249 e. The first-order chi connectivity index (χ1) is 10.3. The summed E-state index contributed by atoms with van der Waals surface area (Å²) in [6, 6.07) is 10.9. The first kappa shape index (κ1) is 14.5. The number of likely N-dealkylation sites (tertiary alicyclic amines) is 1. The molecule has 4 heteroatoms. The van der Waals surface area contributed by atoms with Crippen LogP contribution in [0, 0.1) is 0 Å². The molecule has 1 N–H and O–H groups in total. The lowest BCUT2D eigenvalue weighted by Gasteiger charge is -2.32. The summed E-state index contributed by atoms with van der Waals surface area (Å²) in [5.41, 5.74) is 1.36. The van der Waals surface area contributed by atoms with E-state index in [0.717, 1.165) is 51.9 Å². The molecule has 0 radical (unpaired) electrons. The van der Waals surface area contributed by atoms with E-state index >= 15 is 0 Å². The van der Waals surface area contributed by atoms with E-state index in [1.807, 2.05) is 0 Å². The van der Waals surface area contributed by atoms with Crippen LogP contribution in [0.1, 0.15) is 31.2 Å². The van der Waals surface area contributed by atoms with E-state index in [0.29, 0.717) is 6.04 Å². The summed E-state index contributed by atoms with van der Waals surface area (Å²) in [5, 5.41) is 3.15. The van der Waals surface area contributed by atoms with E-state index in [2.05, 4.69) is 40.5 Å². The number of nitrogens with one attached hydrogen (secondary N) is 1. The van der Waals surface area contributed by atoms with E-state index in [9.17, 15) is 4.79 Å². The number of carbonyl (C=O) groups excluding carboxylic acids is 1. The van der Waals surface area contributed by atoms with E-state index in [1.165, 1.54) is 5.56 Å². The van der Waals surface area contributed by atoms with Crippen LogP contribution in [-0.4, -0.2) is 42.6 Å². The largest absolute Gasteiger partial charge is 0.368 e. The minimum absolute atomic E-state index is 0.0917. The van der Waals surface area contributed by atoms with Crippen molar-refractivity contribution in [3.63, 3.8) is 0 Å². The van der Waals surface area contributed by atoms with Crippen LogP contribution >= 0.6 is 0 Å². The molecule has 2 saturated heterocycles. The van der Waals surface area contributed by atoms with Gasteiger partial charge in [-0.05, 0) is 31.2 Å². The van der Waals surface area contributed by atoms with Gasteiger partial charge in [0.25, 0.3) is 0 Å².